The summed E-state index contributed by atoms with van der Waals surface area (Å²) >= 11 is 0. The van der Waals surface area contributed by atoms with Crippen LogP contribution in [0.4, 0.5) is 11.5 Å². The standard InChI is InChI=1S/C15H18N2O/c1-3-17(13-8-5-4-6-9-13)15-14(12(2)18)10-7-11-16-15/h4-12,18H,3H2,1-2H3/t12-/m1/s1. The van der Waals surface area contributed by atoms with Gasteiger partial charge in [0, 0.05) is 24.0 Å². The second kappa shape index (κ2) is 5.65. The first-order valence-electron chi connectivity index (χ1n) is 6.19. The van der Waals surface area contributed by atoms with Gasteiger partial charge in [0.15, 0.2) is 0 Å². The summed E-state index contributed by atoms with van der Waals surface area (Å²) < 4.78 is 0. The van der Waals surface area contributed by atoms with Crippen LogP contribution in [-0.4, -0.2) is 16.6 Å². The first kappa shape index (κ1) is 12.6. The van der Waals surface area contributed by atoms with E-state index >= 15 is 0 Å². The van der Waals surface area contributed by atoms with Crippen molar-refractivity contribution in [1.82, 2.24) is 4.98 Å². The lowest BCUT2D eigenvalue weighted by Crippen LogP contribution is -2.19. The molecule has 1 aromatic carbocycles. The van der Waals surface area contributed by atoms with Gasteiger partial charge in [-0.25, -0.2) is 4.98 Å². The van der Waals surface area contributed by atoms with E-state index in [4.69, 9.17) is 0 Å². The van der Waals surface area contributed by atoms with Crippen molar-refractivity contribution in [3.05, 3.63) is 54.2 Å². The fourth-order valence-corrected chi connectivity index (χ4v) is 2.02. The highest BCUT2D eigenvalue weighted by Crippen LogP contribution is 2.29. The van der Waals surface area contributed by atoms with E-state index in [1.54, 1.807) is 13.1 Å². The number of para-hydroxylation sites is 1. The Kier molecular flexibility index (Phi) is 3.95. The highest BCUT2D eigenvalue weighted by Gasteiger charge is 2.15. The molecule has 0 aliphatic heterocycles. The molecule has 0 fully saturated rings. The van der Waals surface area contributed by atoms with Crippen molar-refractivity contribution >= 4 is 11.5 Å². The van der Waals surface area contributed by atoms with Crippen molar-refractivity contribution < 1.29 is 5.11 Å². The molecule has 1 atom stereocenters. The molecule has 0 saturated carbocycles. The quantitative estimate of drug-likeness (QED) is 0.893. The van der Waals surface area contributed by atoms with Gasteiger partial charge in [-0.3, -0.25) is 0 Å². The molecule has 0 spiro atoms. The third-order valence-corrected chi connectivity index (χ3v) is 2.91. The van der Waals surface area contributed by atoms with Crippen LogP contribution in [-0.2, 0) is 0 Å². The molecule has 3 heteroatoms. The van der Waals surface area contributed by atoms with Gasteiger partial charge in [-0.1, -0.05) is 24.3 Å². The normalized spacial score (nSPS) is 12.2. The molecule has 2 aromatic rings. The second-order valence-corrected chi connectivity index (χ2v) is 4.17. The number of benzene rings is 1. The van der Waals surface area contributed by atoms with E-state index in [0.29, 0.717) is 0 Å². The Labute approximate surface area is 108 Å². The van der Waals surface area contributed by atoms with Gasteiger partial charge in [-0.2, -0.15) is 0 Å². The van der Waals surface area contributed by atoms with Crippen LogP contribution < -0.4 is 4.90 Å². The lowest BCUT2D eigenvalue weighted by atomic mass is 10.1. The van der Waals surface area contributed by atoms with Gasteiger partial charge in [0.05, 0.1) is 6.10 Å². The average molecular weight is 242 g/mol. The Morgan fingerprint density at radius 3 is 2.50 bits per heavy atom. The van der Waals surface area contributed by atoms with Gasteiger partial charge < -0.3 is 10.0 Å². The van der Waals surface area contributed by atoms with Crippen molar-refractivity contribution in [2.24, 2.45) is 0 Å². The summed E-state index contributed by atoms with van der Waals surface area (Å²) in [6.45, 7) is 4.65. The summed E-state index contributed by atoms with van der Waals surface area (Å²) in [7, 11) is 0. The van der Waals surface area contributed by atoms with Crippen LogP contribution in [0.5, 0.6) is 0 Å². The number of pyridine rings is 1. The maximum absolute atomic E-state index is 9.83. The van der Waals surface area contributed by atoms with Gasteiger partial charge in [-0.15, -0.1) is 0 Å². The van der Waals surface area contributed by atoms with E-state index in [2.05, 4.69) is 16.8 Å². The number of anilines is 2. The van der Waals surface area contributed by atoms with E-state index in [1.807, 2.05) is 42.5 Å². The van der Waals surface area contributed by atoms with Crippen molar-refractivity contribution in [1.29, 1.82) is 0 Å². The second-order valence-electron chi connectivity index (χ2n) is 4.17. The van der Waals surface area contributed by atoms with Crippen LogP contribution >= 0.6 is 0 Å². The lowest BCUT2D eigenvalue weighted by molar-refractivity contribution is 0.199. The fourth-order valence-electron chi connectivity index (χ4n) is 2.02. The smallest absolute Gasteiger partial charge is 0.138 e. The molecule has 3 nitrogen and oxygen atoms in total. The molecular formula is C15H18N2O. The number of rotatable bonds is 4. The summed E-state index contributed by atoms with van der Waals surface area (Å²) in [4.78, 5) is 6.51. The molecule has 94 valence electrons. The number of hydrogen-bond donors (Lipinski definition) is 1. The number of nitrogens with zero attached hydrogens (tertiary/aromatic N) is 2. The number of aliphatic hydroxyl groups excluding tert-OH is 1. The van der Waals surface area contributed by atoms with Gasteiger partial charge in [-0.05, 0) is 32.0 Å². The molecule has 1 N–H and O–H groups in total. The van der Waals surface area contributed by atoms with Gasteiger partial charge >= 0.3 is 0 Å². The van der Waals surface area contributed by atoms with Crippen molar-refractivity contribution in [3.63, 3.8) is 0 Å². The molecule has 0 bridgehead atoms. The third kappa shape index (κ3) is 2.51. The summed E-state index contributed by atoms with van der Waals surface area (Å²) in [6.07, 6.45) is 1.23. The fraction of sp³-hybridized carbons (Fsp3) is 0.267. The molecule has 0 amide bonds. The molecule has 0 radical (unpaired) electrons. The van der Waals surface area contributed by atoms with Crippen LogP contribution in [0.1, 0.15) is 25.5 Å². The summed E-state index contributed by atoms with van der Waals surface area (Å²) in [5, 5.41) is 9.83. The predicted octanol–water partition coefficient (Wildman–Crippen LogP) is 3.29. The van der Waals surface area contributed by atoms with Crippen LogP contribution in [0.25, 0.3) is 0 Å². The van der Waals surface area contributed by atoms with E-state index in [1.165, 1.54) is 0 Å². The highest BCUT2D eigenvalue weighted by atomic mass is 16.3. The van der Waals surface area contributed by atoms with Gasteiger partial charge in [0.1, 0.15) is 5.82 Å². The lowest BCUT2D eigenvalue weighted by Gasteiger charge is -2.25. The topological polar surface area (TPSA) is 36.4 Å². The number of aliphatic hydroxyl groups is 1. The Morgan fingerprint density at radius 2 is 1.89 bits per heavy atom. The third-order valence-electron chi connectivity index (χ3n) is 2.91. The maximum atomic E-state index is 9.83. The maximum Gasteiger partial charge on any atom is 0.138 e. The van der Waals surface area contributed by atoms with E-state index in [-0.39, 0.29) is 0 Å². The SMILES string of the molecule is CCN(c1ccccc1)c1ncccc1[C@@H](C)O. The summed E-state index contributed by atoms with van der Waals surface area (Å²) in [5.74, 6) is 0.821. The van der Waals surface area contributed by atoms with Gasteiger partial charge in [0.2, 0.25) is 0 Å². The summed E-state index contributed by atoms with van der Waals surface area (Å²) in [6, 6.07) is 13.9. The zero-order valence-corrected chi connectivity index (χ0v) is 10.7. The summed E-state index contributed by atoms with van der Waals surface area (Å²) in [5.41, 5.74) is 1.93. The molecule has 0 unspecified atom stereocenters. The van der Waals surface area contributed by atoms with Crippen LogP contribution in [0.3, 0.4) is 0 Å². The van der Waals surface area contributed by atoms with Crippen LogP contribution in [0.2, 0.25) is 0 Å². The van der Waals surface area contributed by atoms with Crippen LogP contribution in [0.15, 0.2) is 48.7 Å². The molecular weight excluding hydrogens is 224 g/mol. The molecule has 0 saturated heterocycles. The Morgan fingerprint density at radius 1 is 1.17 bits per heavy atom. The molecule has 0 aliphatic rings. The van der Waals surface area contributed by atoms with Crippen LogP contribution in [0, 0.1) is 0 Å². The number of aromatic nitrogens is 1. The van der Waals surface area contributed by atoms with Gasteiger partial charge in [0.25, 0.3) is 0 Å². The molecule has 1 heterocycles. The molecule has 18 heavy (non-hydrogen) atoms. The van der Waals surface area contributed by atoms with Crippen molar-refractivity contribution in [2.75, 3.05) is 11.4 Å². The number of hydrogen-bond acceptors (Lipinski definition) is 3. The molecule has 1 aromatic heterocycles. The Balaban J connectivity index is 2.46. The zero-order chi connectivity index (χ0) is 13.0. The first-order chi connectivity index (χ1) is 8.74. The predicted molar refractivity (Wildman–Crippen MR) is 74.0 cm³/mol. The van der Waals surface area contributed by atoms with E-state index < -0.39 is 6.10 Å². The highest BCUT2D eigenvalue weighted by molar-refractivity contribution is 5.62. The molecule has 2 rings (SSSR count). The minimum Gasteiger partial charge on any atom is -0.389 e. The van der Waals surface area contributed by atoms with E-state index in [0.717, 1.165) is 23.6 Å². The minimum absolute atomic E-state index is 0.522. The molecule has 0 aliphatic carbocycles. The first-order valence-corrected chi connectivity index (χ1v) is 6.19. The monoisotopic (exact) mass is 242 g/mol. The largest absolute Gasteiger partial charge is 0.389 e. The van der Waals surface area contributed by atoms with Crippen molar-refractivity contribution in [3.8, 4) is 0 Å². The minimum atomic E-state index is -0.522. The van der Waals surface area contributed by atoms with Crippen molar-refractivity contribution in [2.45, 2.75) is 20.0 Å². The Bertz CT molecular complexity index is 497. The average Bonchev–Trinajstić information content (AvgIpc) is 2.41. The zero-order valence-electron chi connectivity index (χ0n) is 10.7. The van der Waals surface area contributed by atoms with E-state index in [9.17, 15) is 5.11 Å². The Hall–Kier alpha value is -1.87.